The number of nitrogens with one attached hydrogen (secondary N) is 1. The van der Waals surface area contributed by atoms with Gasteiger partial charge in [0.25, 0.3) is 5.91 Å². The van der Waals surface area contributed by atoms with Crippen LogP contribution in [0.1, 0.15) is 10.4 Å². The number of nitrogens with zero attached hydrogens (tertiary/aromatic N) is 3. The van der Waals surface area contributed by atoms with Crippen molar-refractivity contribution in [3.8, 4) is 0 Å². The molecule has 0 aliphatic carbocycles. The minimum absolute atomic E-state index is 0.0116. The fourth-order valence-corrected chi connectivity index (χ4v) is 2.77. The Morgan fingerprint density at radius 3 is 2.50 bits per heavy atom. The first-order valence-corrected chi connectivity index (χ1v) is 9.02. The summed E-state index contributed by atoms with van der Waals surface area (Å²) in [6, 6.07) is 7.11. The van der Waals surface area contributed by atoms with Crippen LogP contribution in [0.4, 0.5) is 5.13 Å². The highest BCUT2D eigenvalue weighted by Gasteiger charge is 2.19. The van der Waals surface area contributed by atoms with E-state index in [-0.39, 0.29) is 18.4 Å². The lowest BCUT2D eigenvalue weighted by atomic mass is 10.2. The molecule has 24 heavy (non-hydrogen) atoms. The number of halogens is 1. The summed E-state index contributed by atoms with van der Waals surface area (Å²) < 4.78 is 0.903. The van der Waals surface area contributed by atoms with Gasteiger partial charge in [0.15, 0.2) is 5.13 Å². The third kappa shape index (κ3) is 5.70. The Hall–Kier alpha value is -1.77. The number of benzene rings is 1. The van der Waals surface area contributed by atoms with Crippen LogP contribution in [0.5, 0.6) is 0 Å². The molecular formula is C16H19BrN4O2S. The fourth-order valence-electron chi connectivity index (χ4n) is 1.97. The number of hydrogen-bond donors (Lipinski definition) is 1. The second-order valence-corrected chi connectivity index (χ2v) is 7.23. The zero-order chi connectivity index (χ0) is 17.5. The van der Waals surface area contributed by atoms with Crippen LogP contribution in [0.15, 0.2) is 40.3 Å². The number of rotatable bonds is 7. The zero-order valence-corrected chi connectivity index (χ0v) is 15.9. The lowest BCUT2D eigenvalue weighted by Crippen LogP contribution is -2.41. The van der Waals surface area contributed by atoms with Crippen LogP contribution >= 0.6 is 27.3 Å². The topological polar surface area (TPSA) is 65.5 Å². The number of aromatic nitrogens is 1. The molecule has 0 aliphatic heterocycles. The van der Waals surface area contributed by atoms with Crippen molar-refractivity contribution in [1.82, 2.24) is 14.8 Å². The summed E-state index contributed by atoms with van der Waals surface area (Å²) >= 11 is 4.70. The molecule has 0 radical (unpaired) electrons. The van der Waals surface area contributed by atoms with Crippen molar-refractivity contribution in [2.45, 2.75) is 0 Å². The normalized spacial score (nSPS) is 10.7. The first-order chi connectivity index (χ1) is 11.5. The Morgan fingerprint density at radius 2 is 1.92 bits per heavy atom. The maximum absolute atomic E-state index is 12.7. The molecule has 1 aromatic carbocycles. The highest BCUT2D eigenvalue weighted by molar-refractivity contribution is 9.10. The van der Waals surface area contributed by atoms with Gasteiger partial charge in [-0.15, -0.1) is 11.3 Å². The summed E-state index contributed by atoms with van der Waals surface area (Å²) in [4.78, 5) is 32.4. The monoisotopic (exact) mass is 410 g/mol. The zero-order valence-electron chi connectivity index (χ0n) is 13.5. The predicted molar refractivity (Wildman–Crippen MR) is 99.3 cm³/mol. The molecule has 1 heterocycles. The number of amides is 2. The van der Waals surface area contributed by atoms with E-state index in [9.17, 15) is 9.59 Å². The highest BCUT2D eigenvalue weighted by atomic mass is 79.9. The van der Waals surface area contributed by atoms with E-state index in [0.717, 1.165) is 4.47 Å². The Bertz CT molecular complexity index is 674. The number of anilines is 1. The molecule has 0 aliphatic rings. The molecule has 2 aromatic rings. The van der Waals surface area contributed by atoms with E-state index in [2.05, 4.69) is 26.2 Å². The van der Waals surface area contributed by atoms with Gasteiger partial charge in [-0.05, 0) is 38.4 Å². The van der Waals surface area contributed by atoms with Gasteiger partial charge in [-0.2, -0.15) is 0 Å². The van der Waals surface area contributed by atoms with Crippen LogP contribution in [0.25, 0.3) is 0 Å². The molecule has 0 bridgehead atoms. The van der Waals surface area contributed by atoms with Gasteiger partial charge in [0.1, 0.15) is 6.54 Å². The van der Waals surface area contributed by atoms with Crippen molar-refractivity contribution in [2.75, 3.05) is 39.0 Å². The standard InChI is InChI=1S/C16H19BrN4O2S/c1-20(2)8-9-21(11-14(22)19-16-18-7-10-24-16)15(23)12-3-5-13(17)6-4-12/h3-7,10H,8-9,11H2,1-2H3,(H,18,19,22). The molecule has 0 atom stereocenters. The SMILES string of the molecule is CN(C)CCN(CC(=O)Nc1nccs1)C(=O)c1ccc(Br)cc1. The summed E-state index contributed by atoms with van der Waals surface area (Å²) in [7, 11) is 3.86. The molecule has 1 aromatic heterocycles. The summed E-state index contributed by atoms with van der Waals surface area (Å²) in [6.07, 6.45) is 1.62. The number of thiazole rings is 1. The van der Waals surface area contributed by atoms with Crippen LogP contribution in [0, 0.1) is 0 Å². The largest absolute Gasteiger partial charge is 0.328 e. The van der Waals surface area contributed by atoms with E-state index < -0.39 is 0 Å². The van der Waals surface area contributed by atoms with Crippen molar-refractivity contribution in [1.29, 1.82) is 0 Å². The fraction of sp³-hybridized carbons (Fsp3) is 0.312. The van der Waals surface area contributed by atoms with Crippen LogP contribution in [0.2, 0.25) is 0 Å². The smallest absolute Gasteiger partial charge is 0.254 e. The van der Waals surface area contributed by atoms with E-state index in [1.54, 1.807) is 28.6 Å². The Balaban J connectivity index is 2.06. The van der Waals surface area contributed by atoms with E-state index >= 15 is 0 Å². The maximum Gasteiger partial charge on any atom is 0.254 e. The predicted octanol–water partition coefficient (Wildman–Crippen LogP) is 2.55. The Morgan fingerprint density at radius 1 is 1.21 bits per heavy atom. The Kier molecular flexibility index (Phi) is 6.89. The quantitative estimate of drug-likeness (QED) is 0.761. The van der Waals surface area contributed by atoms with Gasteiger partial charge < -0.3 is 15.1 Å². The van der Waals surface area contributed by atoms with Gasteiger partial charge in [-0.25, -0.2) is 4.98 Å². The highest BCUT2D eigenvalue weighted by Crippen LogP contribution is 2.13. The molecule has 2 amide bonds. The minimum atomic E-state index is -0.255. The lowest BCUT2D eigenvalue weighted by Gasteiger charge is -2.24. The van der Waals surface area contributed by atoms with Crippen molar-refractivity contribution in [2.24, 2.45) is 0 Å². The molecule has 6 nitrogen and oxygen atoms in total. The minimum Gasteiger partial charge on any atom is -0.328 e. The summed E-state index contributed by atoms with van der Waals surface area (Å²) in [5.41, 5.74) is 0.555. The lowest BCUT2D eigenvalue weighted by molar-refractivity contribution is -0.116. The van der Waals surface area contributed by atoms with Gasteiger partial charge >= 0.3 is 0 Å². The van der Waals surface area contributed by atoms with Gasteiger partial charge in [-0.3, -0.25) is 9.59 Å². The van der Waals surface area contributed by atoms with Crippen molar-refractivity contribution in [3.63, 3.8) is 0 Å². The van der Waals surface area contributed by atoms with Crippen LogP contribution in [-0.4, -0.2) is 60.3 Å². The van der Waals surface area contributed by atoms with Crippen LogP contribution in [0.3, 0.4) is 0 Å². The van der Waals surface area contributed by atoms with Crippen molar-refractivity contribution < 1.29 is 9.59 Å². The van der Waals surface area contributed by atoms with Crippen LogP contribution < -0.4 is 5.32 Å². The summed E-state index contributed by atoms with van der Waals surface area (Å²) in [6.45, 7) is 1.13. The molecule has 2 rings (SSSR count). The molecule has 1 N–H and O–H groups in total. The van der Waals surface area contributed by atoms with Crippen LogP contribution in [-0.2, 0) is 4.79 Å². The molecule has 0 unspecified atom stereocenters. The van der Waals surface area contributed by atoms with Crippen molar-refractivity contribution >= 4 is 44.2 Å². The van der Waals surface area contributed by atoms with Gasteiger partial charge in [-0.1, -0.05) is 15.9 Å². The third-order valence-corrected chi connectivity index (χ3v) is 4.43. The Labute approximate surface area is 153 Å². The van der Waals surface area contributed by atoms with E-state index in [1.807, 2.05) is 31.1 Å². The molecule has 0 saturated carbocycles. The van der Waals surface area contributed by atoms with Gasteiger partial charge in [0.05, 0.1) is 0 Å². The number of carbonyl (C=O) groups excluding carboxylic acids is 2. The maximum atomic E-state index is 12.7. The van der Waals surface area contributed by atoms with Gasteiger partial charge in [0.2, 0.25) is 5.91 Å². The molecule has 0 fully saturated rings. The second kappa shape index (κ2) is 8.91. The van der Waals surface area contributed by atoms with E-state index in [4.69, 9.17) is 0 Å². The number of hydrogen-bond acceptors (Lipinski definition) is 5. The summed E-state index contributed by atoms with van der Waals surface area (Å²) in [5.74, 6) is -0.423. The first kappa shape index (κ1) is 18.6. The molecule has 128 valence electrons. The molecule has 0 spiro atoms. The summed E-state index contributed by atoms with van der Waals surface area (Å²) in [5, 5.41) is 5.02. The average molecular weight is 411 g/mol. The van der Waals surface area contributed by atoms with E-state index in [1.165, 1.54) is 11.3 Å². The third-order valence-electron chi connectivity index (χ3n) is 3.21. The first-order valence-electron chi connectivity index (χ1n) is 7.34. The second-order valence-electron chi connectivity index (χ2n) is 5.42. The average Bonchev–Trinajstić information content (AvgIpc) is 3.04. The van der Waals surface area contributed by atoms with Crippen molar-refractivity contribution in [3.05, 3.63) is 45.9 Å². The number of likely N-dealkylation sites (N-methyl/N-ethyl adjacent to an activating group) is 1. The molecule has 0 saturated heterocycles. The molecular weight excluding hydrogens is 392 g/mol. The van der Waals surface area contributed by atoms with Gasteiger partial charge in [0, 0.05) is 34.7 Å². The molecule has 8 heteroatoms. The number of carbonyl (C=O) groups is 2. The van der Waals surface area contributed by atoms with E-state index in [0.29, 0.717) is 23.8 Å².